The van der Waals surface area contributed by atoms with Crippen molar-refractivity contribution in [3.05, 3.63) is 64.3 Å². The Morgan fingerprint density at radius 1 is 1.07 bits per heavy atom. The molecule has 28 heavy (non-hydrogen) atoms. The predicted octanol–water partition coefficient (Wildman–Crippen LogP) is 4.42. The van der Waals surface area contributed by atoms with Gasteiger partial charge in [0.1, 0.15) is 19.0 Å². The number of nitrogens with zero attached hydrogens (tertiary/aromatic N) is 2. The molecule has 0 N–H and O–H groups in total. The second kappa shape index (κ2) is 7.06. The number of aromatic nitrogens is 1. The van der Waals surface area contributed by atoms with Crippen LogP contribution in [0.3, 0.4) is 0 Å². The molecule has 144 valence electrons. The normalized spacial score (nSPS) is 15.7. The molecule has 0 spiro atoms. The van der Waals surface area contributed by atoms with Crippen molar-refractivity contribution in [3.63, 3.8) is 0 Å². The molecule has 3 heterocycles. The van der Waals surface area contributed by atoms with E-state index in [-0.39, 0.29) is 6.09 Å². The molecule has 6 heteroatoms. The van der Waals surface area contributed by atoms with Gasteiger partial charge in [-0.1, -0.05) is 41.9 Å². The van der Waals surface area contributed by atoms with Crippen molar-refractivity contribution in [2.45, 2.75) is 26.0 Å². The van der Waals surface area contributed by atoms with Gasteiger partial charge in [0.15, 0.2) is 0 Å². The quantitative estimate of drug-likeness (QED) is 0.643. The van der Waals surface area contributed by atoms with E-state index in [1.54, 1.807) is 4.90 Å². The zero-order chi connectivity index (χ0) is 19.1. The van der Waals surface area contributed by atoms with Crippen LogP contribution < -0.4 is 4.74 Å². The summed E-state index contributed by atoms with van der Waals surface area (Å²) in [4.78, 5) is 14.4. The summed E-state index contributed by atoms with van der Waals surface area (Å²) < 4.78 is 13.7. The Labute approximate surface area is 168 Å². The number of halogens is 1. The summed E-state index contributed by atoms with van der Waals surface area (Å²) >= 11 is 6.56. The first-order valence-electron chi connectivity index (χ1n) is 9.63. The largest absolute Gasteiger partial charge is 0.490 e. The maximum Gasteiger partial charge on any atom is 0.410 e. The van der Waals surface area contributed by atoms with E-state index in [0.29, 0.717) is 26.3 Å². The van der Waals surface area contributed by atoms with Crippen LogP contribution in [-0.4, -0.2) is 35.3 Å². The fraction of sp³-hybridized carbons (Fsp3) is 0.318. The minimum Gasteiger partial charge on any atom is -0.490 e. The molecule has 1 amide bonds. The van der Waals surface area contributed by atoms with Crippen LogP contribution in [-0.2, 0) is 30.7 Å². The standard InChI is InChI=1S/C22H21ClN2O3/c23-17-6-7-19-21-20(17)16-8-10-24(11-9-18(16)25(21)12-13-27-19)22(26)28-14-15-4-2-1-3-5-15/h1-7H,8-14H2. The second-order valence-electron chi connectivity index (χ2n) is 7.22. The Kier molecular flexibility index (Phi) is 4.40. The fourth-order valence-electron chi connectivity index (χ4n) is 4.30. The van der Waals surface area contributed by atoms with E-state index >= 15 is 0 Å². The number of carbonyl (C=O) groups is 1. The number of rotatable bonds is 2. The molecule has 0 aliphatic carbocycles. The Bertz CT molecular complexity index is 1050. The summed E-state index contributed by atoms with van der Waals surface area (Å²) in [5.74, 6) is 0.901. The van der Waals surface area contributed by atoms with Gasteiger partial charge in [-0.15, -0.1) is 0 Å². The molecule has 0 saturated carbocycles. The highest BCUT2D eigenvalue weighted by Gasteiger charge is 2.28. The topological polar surface area (TPSA) is 43.7 Å². The van der Waals surface area contributed by atoms with E-state index in [2.05, 4.69) is 4.57 Å². The highest BCUT2D eigenvalue weighted by Crippen LogP contribution is 2.40. The number of ether oxygens (including phenoxy) is 2. The molecule has 0 atom stereocenters. The van der Waals surface area contributed by atoms with E-state index in [1.807, 2.05) is 42.5 Å². The maximum atomic E-state index is 12.6. The molecule has 5 nitrogen and oxygen atoms in total. The molecule has 0 bridgehead atoms. The monoisotopic (exact) mass is 396 g/mol. The van der Waals surface area contributed by atoms with Crippen molar-refractivity contribution in [2.75, 3.05) is 19.7 Å². The van der Waals surface area contributed by atoms with Gasteiger partial charge in [-0.2, -0.15) is 0 Å². The van der Waals surface area contributed by atoms with E-state index in [1.165, 1.54) is 11.3 Å². The summed E-state index contributed by atoms with van der Waals surface area (Å²) in [5.41, 5.74) is 4.61. The summed E-state index contributed by atoms with van der Waals surface area (Å²) in [5, 5.41) is 1.83. The lowest BCUT2D eigenvalue weighted by Gasteiger charge is -2.22. The first-order chi connectivity index (χ1) is 13.7. The van der Waals surface area contributed by atoms with Crippen molar-refractivity contribution in [2.24, 2.45) is 0 Å². The molecule has 0 unspecified atom stereocenters. The van der Waals surface area contributed by atoms with Crippen molar-refractivity contribution in [1.82, 2.24) is 9.47 Å². The predicted molar refractivity (Wildman–Crippen MR) is 108 cm³/mol. The molecule has 0 radical (unpaired) electrons. The lowest BCUT2D eigenvalue weighted by Crippen LogP contribution is -2.34. The fourth-order valence-corrected chi connectivity index (χ4v) is 4.57. The average Bonchev–Trinajstić information content (AvgIpc) is 2.90. The lowest BCUT2D eigenvalue weighted by molar-refractivity contribution is 0.0976. The number of hydrogen-bond acceptors (Lipinski definition) is 3. The Morgan fingerprint density at radius 3 is 2.75 bits per heavy atom. The first kappa shape index (κ1) is 17.4. The van der Waals surface area contributed by atoms with Gasteiger partial charge in [0.2, 0.25) is 0 Å². The highest BCUT2D eigenvalue weighted by molar-refractivity contribution is 6.36. The smallest absolute Gasteiger partial charge is 0.410 e. The van der Waals surface area contributed by atoms with Crippen LogP contribution in [0.15, 0.2) is 42.5 Å². The Balaban J connectivity index is 1.38. The number of hydrogen-bond donors (Lipinski definition) is 0. The van der Waals surface area contributed by atoms with E-state index in [9.17, 15) is 4.79 Å². The van der Waals surface area contributed by atoms with E-state index in [0.717, 1.165) is 46.6 Å². The van der Waals surface area contributed by atoms with Crippen molar-refractivity contribution in [3.8, 4) is 5.75 Å². The summed E-state index contributed by atoms with van der Waals surface area (Å²) in [6.45, 7) is 3.04. The van der Waals surface area contributed by atoms with Crippen LogP contribution >= 0.6 is 11.6 Å². The lowest BCUT2D eigenvalue weighted by atomic mass is 10.1. The van der Waals surface area contributed by atoms with Crippen molar-refractivity contribution in [1.29, 1.82) is 0 Å². The van der Waals surface area contributed by atoms with Gasteiger partial charge in [-0.05, 0) is 29.7 Å². The summed E-state index contributed by atoms with van der Waals surface area (Å²) in [6, 6.07) is 13.6. The van der Waals surface area contributed by atoms with Crippen LogP contribution in [0.1, 0.15) is 16.8 Å². The Hall–Kier alpha value is -2.66. The molecule has 0 saturated heterocycles. The molecule has 0 fully saturated rings. The third-order valence-electron chi connectivity index (χ3n) is 5.62. The van der Waals surface area contributed by atoms with Gasteiger partial charge in [-0.3, -0.25) is 0 Å². The van der Waals surface area contributed by atoms with Gasteiger partial charge in [0, 0.05) is 30.6 Å². The molecule has 1 aromatic heterocycles. The van der Waals surface area contributed by atoms with Gasteiger partial charge < -0.3 is 18.9 Å². The third kappa shape index (κ3) is 2.90. The van der Waals surface area contributed by atoms with Gasteiger partial charge in [0.25, 0.3) is 0 Å². The highest BCUT2D eigenvalue weighted by atomic mass is 35.5. The van der Waals surface area contributed by atoms with Crippen LogP contribution in [0.25, 0.3) is 10.9 Å². The molecule has 2 aliphatic rings. The number of fused-ring (bicyclic) bond motifs is 3. The second-order valence-corrected chi connectivity index (χ2v) is 7.63. The SMILES string of the molecule is O=C(OCc1ccccc1)N1CCc2c(n3c4c(ccc(Cl)c24)OCC3)CC1. The first-order valence-corrected chi connectivity index (χ1v) is 10.0. The van der Waals surface area contributed by atoms with Gasteiger partial charge in [-0.25, -0.2) is 4.79 Å². The minimum atomic E-state index is -0.257. The number of amides is 1. The molecule has 2 aliphatic heterocycles. The van der Waals surface area contributed by atoms with E-state index in [4.69, 9.17) is 21.1 Å². The molecule has 2 aromatic carbocycles. The minimum absolute atomic E-state index is 0.257. The van der Waals surface area contributed by atoms with Crippen LogP contribution in [0.5, 0.6) is 5.75 Å². The van der Waals surface area contributed by atoms with E-state index < -0.39 is 0 Å². The van der Waals surface area contributed by atoms with Crippen molar-refractivity contribution >= 4 is 28.6 Å². The Morgan fingerprint density at radius 2 is 1.89 bits per heavy atom. The van der Waals surface area contributed by atoms with Crippen LogP contribution in [0.4, 0.5) is 4.79 Å². The zero-order valence-electron chi connectivity index (χ0n) is 15.5. The van der Waals surface area contributed by atoms with Gasteiger partial charge >= 0.3 is 6.09 Å². The van der Waals surface area contributed by atoms with Gasteiger partial charge in [0.05, 0.1) is 17.1 Å². The third-order valence-corrected chi connectivity index (χ3v) is 5.94. The molecule has 5 rings (SSSR count). The van der Waals surface area contributed by atoms with Crippen molar-refractivity contribution < 1.29 is 14.3 Å². The molecular formula is C22H21ClN2O3. The molecule has 3 aromatic rings. The molecular weight excluding hydrogens is 376 g/mol. The maximum absolute atomic E-state index is 12.6. The zero-order valence-corrected chi connectivity index (χ0v) is 16.2. The van der Waals surface area contributed by atoms with Crippen LogP contribution in [0, 0.1) is 0 Å². The summed E-state index contributed by atoms with van der Waals surface area (Å²) in [6.07, 6.45) is 1.30. The van der Waals surface area contributed by atoms with Crippen LogP contribution in [0.2, 0.25) is 5.02 Å². The number of carbonyl (C=O) groups excluding carboxylic acids is 1. The summed E-state index contributed by atoms with van der Waals surface area (Å²) in [7, 11) is 0. The average molecular weight is 397 g/mol. The number of benzene rings is 2.